The van der Waals surface area contributed by atoms with Gasteiger partial charge in [0, 0.05) is 22.2 Å². The summed E-state index contributed by atoms with van der Waals surface area (Å²) in [5.74, 6) is 1.97. The summed E-state index contributed by atoms with van der Waals surface area (Å²) in [4.78, 5) is 4.38. The van der Waals surface area contributed by atoms with Crippen LogP contribution in [0.4, 0.5) is 0 Å². The van der Waals surface area contributed by atoms with Gasteiger partial charge in [-0.3, -0.25) is 0 Å². The third-order valence-electron chi connectivity index (χ3n) is 3.20. The molecule has 0 unspecified atom stereocenters. The van der Waals surface area contributed by atoms with E-state index in [0.717, 1.165) is 0 Å². The van der Waals surface area contributed by atoms with Gasteiger partial charge in [0.2, 0.25) is 5.82 Å². The van der Waals surface area contributed by atoms with E-state index in [1.54, 1.807) is 50.6 Å². The monoisotopic (exact) mass is 350 g/mol. The van der Waals surface area contributed by atoms with Crippen molar-refractivity contribution in [3.8, 4) is 34.3 Å². The van der Waals surface area contributed by atoms with Gasteiger partial charge in [-0.1, -0.05) is 28.4 Å². The fourth-order valence-corrected chi connectivity index (χ4v) is 2.54. The Kier molecular flexibility index (Phi) is 4.41. The van der Waals surface area contributed by atoms with Crippen molar-refractivity contribution >= 4 is 23.2 Å². The Labute approximate surface area is 142 Å². The van der Waals surface area contributed by atoms with Gasteiger partial charge < -0.3 is 14.0 Å². The Balaban J connectivity index is 2.02. The van der Waals surface area contributed by atoms with Gasteiger partial charge in [0.1, 0.15) is 11.5 Å². The summed E-state index contributed by atoms with van der Waals surface area (Å²) in [5, 5.41) is 4.96. The Bertz CT molecular complexity index is 827. The quantitative estimate of drug-likeness (QED) is 0.680. The molecule has 0 saturated heterocycles. The lowest BCUT2D eigenvalue weighted by Crippen LogP contribution is -1.89. The van der Waals surface area contributed by atoms with Crippen LogP contribution in [0, 0.1) is 0 Å². The number of benzene rings is 2. The first-order chi connectivity index (χ1) is 11.1. The molecule has 118 valence electrons. The van der Waals surface area contributed by atoms with Crippen molar-refractivity contribution in [1.29, 1.82) is 0 Å². The minimum Gasteiger partial charge on any atom is -0.497 e. The van der Waals surface area contributed by atoms with Crippen LogP contribution in [0.5, 0.6) is 11.5 Å². The molecule has 1 heterocycles. The summed E-state index contributed by atoms with van der Waals surface area (Å²) >= 11 is 12.1. The van der Waals surface area contributed by atoms with Crippen LogP contribution in [0.3, 0.4) is 0 Å². The van der Waals surface area contributed by atoms with Crippen LogP contribution in [-0.4, -0.2) is 24.4 Å². The van der Waals surface area contributed by atoms with Crippen LogP contribution in [0.2, 0.25) is 10.0 Å². The molecule has 0 radical (unpaired) electrons. The summed E-state index contributed by atoms with van der Waals surface area (Å²) < 4.78 is 15.8. The molecule has 0 atom stereocenters. The van der Waals surface area contributed by atoms with Crippen LogP contribution in [-0.2, 0) is 0 Å². The molecule has 23 heavy (non-hydrogen) atoms. The highest BCUT2D eigenvalue weighted by molar-refractivity contribution is 6.36. The predicted octanol–water partition coefficient (Wildman–Crippen LogP) is 4.73. The summed E-state index contributed by atoms with van der Waals surface area (Å²) in [7, 11) is 3.15. The van der Waals surface area contributed by atoms with E-state index in [1.165, 1.54) is 0 Å². The van der Waals surface area contributed by atoms with E-state index in [-0.39, 0.29) is 0 Å². The van der Waals surface area contributed by atoms with E-state index >= 15 is 0 Å². The molecule has 0 N–H and O–H groups in total. The molecule has 2 aromatic carbocycles. The molecule has 3 aromatic rings. The van der Waals surface area contributed by atoms with Crippen molar-refractivity contribution in [2.75, 3.05) is 14.2 Å². The summed E-state index contributed by atoms with van der Waals surface area (Å²) in [6.07, 6.45) is 0. The smallest absolute Gasteiger partial charge is 0.258 e. The van der Waals surface area contributed by atoms with Gasteiger partial charge in [-0.05, 0) is 30.3 Å². The molecule has 1 aromatic heterocycles. The van der Waals surface area contributed by atoms with Gasteiger partial charge in [-0.15, -0.1) is 0 Å². The van der Waals surface area contributed by atoms with Gasteiger partial charge in [0.15, 0.2) is 0 Å². The van der Waals surface area contributed by atoms with Gasteiger partial charge in [-0.2, -0.15) is 4.98 Å². The molecule has 0 bridgehead atoms. The third kappa shape index (κ3) is 3.25. The highest BCUT2D eigenvalue weighted by Crippen LogP contribution is 2.32. The maximum Gasteiger partial charge on any atom is 0.258 e. The maximum atomic E-state index is 6.17. The molecule has 0 amide bonds. The van der Waals surface area contributed by atoms with Crippen LogP contribution >= 0.6 is 23.2 Å². The normalized spacial score (nSPS) is 10.6. The second kappa shape index (κ2) is 6.48. The Morgan fingerprint density at radius 3 is 2.26 bits per heavy atom. The zero-order valence-electron chi connectivity index (χ0n) is 12.3. The van der Waals surface area contributed by atoms with Crippen molar-refractivity contribution < 1.29 is 14.0 Å². The fourth-order valence-electron chi connectivity index (χ4n) is 2.05. The minimum atomic E-state index is 0.336. The van der Waals surface area contributed by atoms with Crippen molar-refractivity contribution in [3.63, 3.8) is 0 Å². The lowest BCUT2D eigenvalue weighted by atomic mass is 10.2. The van der Waals surface area contributed by atoms with Crippen molar-refractivity contribution in [2.45, 2.75) is 0 Å². The zero-order chi connectivity index (χ0) is 16.4. The number of rotatable bonds is 4. The molecule has 7 heteroatoms. The summed E-state index contributed by atoms with van der Waals surface area (Å²) in [5.41, 5.74) is 1.32. The zero-order valence-corrected chi connectivity index (χ0v) is 13.9. The molecular formula is C16H12Cl2N2O3. The van der Waals surface area contributed by atoms with Crippen molar-refractivity contribution in [3.05, 3.63) is 46.4 Å². The standard InChI is InChI=1S/C16H12Cl2N2O3/c1-21-11-5-9(6-12(8-11)22-2)16-19-15(20-23-16)13-4-3-10(17)7-14(13)18/h3-8H,1-2H3. The first-order valence-electron chi connectivity index (χ1n) is 6.63. The van der Waals surface area contributed by atoms with E-state index in [1.807, 2.05) is 0 Å². The highest BCUT2D eigenvalue weighted by Gasteiger charge is 2.15. The summed E-state index contributed by atoms with van der Waals surface area (Å²) in [6.45, 7) is 0. The van der Waals surface area contributed by atoms with Gasteiger partial charge >= 0.3 is 0 Å². The molecule has 0 saturated carbocycles. The van der Waals surface area contributed by atoms with Crippen LogP contribution in [0.15, 0.2) is 40.9 Å². The Morgan fingerprint density at radius 2 is 1.65 bits per heavy atom. The molecule has 0 aliphatic heterocycles. The van der Waals surface area contributed by atoms with Gasteiger partial charge in [0.05, 0.1) is 19.2 Å². The number of halogens is 2. The Morgan fingerprint density at radius 1 is 0.957 bits per heavy atom. The molecule has 0 aliphatic carbocycles. The Hall–Kier alpha value is -2.24. The van der Waals surface area contributed by atoms with E-state index in [0.29, 0.717) is 44.4 Å². The largest absolute Gasteiger partial charge is 0.497 e. The first kappa shape index (κ1) is 15.6. The lowest BCUT2D eigenvalue weighted by molar-refractivity contribution is 0.393. The number of ether oxygens (including phenoxy) is 2. The second-order valence-electron chi connectivity index (χ2n) is 4.65. The third-order valence-corrected chi connectivity index (χ3v) is 3.74. The fraction of sp³-hybridized carbons (Fsp3) is 0.125. The molecule has 0 fully saturated rings. The number of nitrogens with zero attached hydrogens (tertiary/aromatic N) is 2. The van der Waals surface area contributed by atoms with E-state index in [2.05, 4.69) is 10.1 Å². The predicted molar refractivity (Wildman–Crippen MR) is 88.3 cm³/mol. The molecule has 0 aliphatic rings. The lowest BCUT2D eigenvalue weighted by Gasteiger charge is -2.05. The molecular weight excluding hydrogens is 339 g/mol. The molecule has 5 nitrogen and oxygen atoms in total. The number of methoxy groups -OCH3 is 2. The first-order valence-corrected chi connectivity index (χ1v) is 7.39. The van der Waals surface area contributed by atoms with Crippen molar-refractivity contribution in [1.82, 2.24) is 10.1 Å². The molecule has 3 rings (SSSR count). The molecule has 0 spiro atoms. The maximum absolute atomic E-state index is 6.17. The van der Waals surface area contributed by atoms with Crippen LogP contribution in [0.25, 0.3) is 22.8 Å². The van der Waals surface area contributed by atoms with Gasteiger partial charge in [0.25, 0.3) is 5.89 Å². The topological polar surface area (TPSA) is 57.4 Å². The number of aromatic nitrogens is 2. The van der Waals surface area contributed by atoms with E-state index in [4.69, 9.17) is 37.2 Å². The number of hydrogen-bond acceptors (Lipinski definition) is 5. The van der Waals surface area contributed by atoms with Crippen molar-refractivity contribution in [2.24, 2.45) is 0 Å². The SMILES string of the molecule is COc1cc(OC)cc(-c2nc(-c3ccc(Cl)cc3Cl)no2)c1. The average Bonchev–Trinajstić information content (AvgIpc) is 3.04. The minimum absolute atomic E-state index is 0.336. The number of hydrogen-bond donors (Lipinski definition) is 0. The highest BCUT2D eigenvalue weighted by atomic mass is 35.5. The average molecular weight is 351 g/mol. The van der Waals surface area contributed by atoms with E-state index in [9.17, 15) is 0 Å². The van der Waals surface area contributed by atoms with Gasteiger partial charge in [-0.25, -0.2) is 0 Å². The second-order valence-corrected chi connectivity index (χ2v) is 5.49. The van der Waals surface area contributed by atoms with Crippen LogP contribution in [0.1, 0.15) is 0 Å². The summed E-state index contributed by atoms with van der Waals surface area (Å²) in [6, 6.07) is 10.4. The van der Waals surface area contributed by atoms with E-state index < -0.39 is 0 Å². The van der Waals surface area contributed by atoms with Crippen LogP contribution < -0.4 is 9.47 Å².